The predicted molar refractivity (Wildman–Crippen MR) is 135 cm³/mol. The van der Waals surface area contributed by atoms with Crippen molar-refractivity contribution < 1.29 is 33.3 Å². The molecule has 0 bridgehead atoms. The molecule has 3 aliphatic heterocycles. The van der Waals surface area contributed by atoms with Crippen molar-refractivity contribution in [2.24, 2.45) is 0 Å². The van der Waals surface area contributed by atoms with Crippen molar-refractivity contribution in [2.75, 3.05) is 27.4 Å². The fraction of sp³-hybridized carbons (Fsp3) is 0.276. The lowest BCUT2D eigenvalue weighted by Gasteiger charge is -2.50. The smallest absolute Gasteiger partial charge is 0.262 e. The molecule has 0 aliphatic carbocycles. The molecular weight excluding hydrogens is 488 g/mol. The van der Waals surface area contributed by atoms with Crippen LogP contribution in [0.5, 0.6) is 11.5 Å². The van der Waals surface area contributed by atoms with Gasteiger partial charge in [0.15, 0.2) is 6.29 Å². The standard InChI is InChI=1S/C29H26N2O7/c1-35-18-12-11-17(23(15-18)36-2)16-30-24(19-7-3-6-10-22(19)29-37-13-14-38-29)25(28(30)34)31-26(32)20-8-4-5-9-21(20)27(31)33/h3-12,15,24-25,29H,13-14,16H2,1-2H3/t24-,25+/m0/s1. The number of carbonyl (C=O) groups excluding carboxylic acids is 3. The highest BCUT2D eigenvalue weighted by atomic mass is 16.7. The summed E-state index contributed by atoms with van der Waals surface area (Å²) in [5.74, 6) is -0.0777. The summed E-state index contributed by atoms with van der Waals surface area (Å²) in [6.07, 6.45) is -0.595. The number of amides is 3. The van der Waals surface area contributed by atoms with Gasteiger partial charge >= 0.3 is 0 Å². The van der Waals surface area contributed by atoms with E-state index < -0.39 is 30.2 Å². The first-order valence-corrected chi connectivity index (χ1v) is 12.3. The Morgan fingerprint density at radius 1 is 0.789 bits per heavy atom. The highest BCUT2D eigenvalue weighted by molar-refractivity contribution is 6.23. The molecule has 0 unspecified atom stereocenters. The molecule has 2 saturated heterocycles. The lowest BCUT2D eigenvalue weighted by molar-refractivity contribution is -0.157. The minimum Gasteiger partial charge on any atom is -0.497 e. The molecule has 38 heavy (non-hydrogen) atoms. The molecule has 0 N–H and O–H groups in total. The average molecular weight is 515 g/mol. The second kappa shape index (κ2) is 9.59. The monoisotopic (exact) mass is 514 g/mol. The zero-order chi connectivity index (χ0) is 26.4. The summed E-state index contributed by atoms with van der Waals surface area (Å²) in [6, 6.07) is 17.9. The Morgan fingerprint density at radius 3 is 2.05 bits per heavy atom. The van der Waals surface area contributed by atoms with Crippen molar-refractivity contribution in [1.82, 2.24) is 9.80 Å². The van der Waals surface area contributed by atoms with Crippen LogP contribution in [0.1, 0.15) is 49.7 Å². The lowest BCUT2D eigenvalue weighted by Crippen LogP contribution is -2.66. The highest BCUT2D eigenvalue weighted by Gasteiger charge is 2.57. The number of hydrogen-bond donors (Lipinski definition) is 0. The molecule has 3 heterocycles. The van der Waals surface area contributed by atoms with Crippen molar-refractivity contribution in [3.63, 3.8) is 0 Å². The number of carbonyl (C=O) groups is 3. The van der Waals surface area contributed by atoms with Crippen LogP contribution in [0.15, 0.2) is 66.7 Å². The number of ether oxygens (including phenoxy) is 4. The van der Waals surface area contributed by atoms with Gasteiger partial charge in [-0.3, -0.25) is 19.3 Å². The van der Waals surface area contributed by atoms with Crippen molar-refractivity contribution in [3.05, 3.63) is 94.5 Å². The van der Waals surface area contributed by atoms with Crippen molar-refractivity contribution in [1.29, 1.82) is 0 Å². The van der Waals surface area contributed by atoms with E-state index in [0.717, 1.165) is 21.6 Å². The summed E-state index contributed by atoms with van der Waals surface area (Å²) in [5.41, 5.74) is 2.88. The summed E-state index contributed by atoms with van der Waals surface area (Å²) < 4.78 is 22.4. The number of likely N-dealkylation sites (tertiary alicyclic amines) is 1. The van der Waals surface area contributed by atoms with E-state index >= 15 is 0 Å². The third-order valence-electron chi connectivity index (χ3n) is 7.30. The molecule has 0 radical (unpaired) electrons. The van der Waals surface area contributed by atoms with Crippen LogP contribution in [-0.4, -0.2) is 61.0 Å². The maximum atomic E-state index is 13.8. The largest absolute Gasteiger partial charge is 0.497 e. The minimum atomic E-state index is -1.01. The number of hydrogen-bond acceptors (Lipinski definition) is 7. The van der Waals surface area contributed by atoms with Gasteiger partial charge in [0.25, 0.3) is 11.8 Å². The van der Waals surface area contributed by atoms with E-state index in [9.17, 15) is 14.4 Å². The molecule has 9 heteroatoms. The van der Waals surface area contributed by atoms with E-state index in [1.807, 2.05) is 30.3 Å². The van der Waals surface area contributed by atoms with E-state index in [1.54, 1.807) is 55.5 Å². The molecule has 194 valence electrons. The van der Waals surface area contributed by atoms with Crippen molar-refractivity contribution in [3.8, 4) is 11.5 Å². The predicted octanol–water partition coefficient (Wildman–Crippen LogP) is 3.50. The van der Waals surface area contributed by atoms with Gasteiger partial charge in [-0.05, 0) is 29.8 Å². The van der Waals surface area contributed by atoms with Gasteiger partial charge in [-0.1, -0.05) is 36.4 Å². The molecule has 2 fully saturated rings. The summed E-state index contributed by atoms with van der Waals surface area (Å²) in [7, 11) is 3.12. The summed E-state index contributed by atoms with van der Waals surface area (Å²) >= 11 is 0. The summed E-state index contributed by atoms with van der Waals surface area (Å²) in [5, 5.41) is 0. The minimum absolute atomic E-state index is 0.205. The zero-order valence-corrected chi connectivity index (χ0v) is 21.0. The van der Waals surface area contributed by atoms with Crippen LogP contribution in [0.25, 0.3) is 0 Å². The average Bonchev–Trinajstić information content (AvgIpc) is 3.58. The number of β-lactam (4-membered cyclic amide) rings is 1. The normalized spacial score (nSPS) is 21.1. The van der Waals surface area contributed by atoms with Crippen LogP contribution in [0, 0.1) is 0 Å². The maximum absolute atomic E-state index is 13.8. The third kappa shape index (κ3) is 3.74. The van der Waals surface area contributed by atoms with Crippen LogP contribution in [0.3, 0.4) is 0 Å². The molecule has 3 amide bonds. The van der Waals surface area contributed by atoms with E-state index in [2.05, 4.69) is 0 Å². The van der Waals surface area contributed by atoms with Gasteiger partial charge in [-0.2, -0.15) is 0 Å². The first kappa shape index (κ1) is 24.1. The van der Waals surface area contributed by atoms with Gasteiger partial charge < -0.3 is 23.8 Å². The Morgan fingerprint density at radius 2 is 1.42 bits per heavy atom. The van der Waals surface area contributed by atoms with Gasteiger partial charge in [-0.15, -0.1) is 0 Å². The summed E-state index contributed by atoms with van der Waals surface area (Å²) in [6.45, 7) is 1.12. The number of methoxy groups -OCH3 is 2. The Bertz CT molecular complexity index is 1400. The SMILES string of the molecule is COc1ccc(CN2C(=O)[C@H](N3C(=O)c4ccccc4C3=O)[C@@H]2c2ccccc2C2OCCO2)c(OC)c1. The molecule has 3 aromatic carbocycles. The molecule has 2 atom stereocenters. The van der Waals surface area contributed by atoms with E-state index in [4.69, 9.17) is 18.9 Å². The Hall–Kier alpha value is -4.21. The van der Waals surface area contributed by atoms with Crippen LogP contribution < -0.4 is 9.47 Å². The molecule has 3 aliphatic rings. The number of rotatable bonds is 7. The molecule has 9 nitrogen and oxygen atoms in total. The second-order valence-electron chi connectivity index (χ2n) is 9.26. The van der Waals surface area contributed by atoms with Gasteiger partial charge in [0.1, 0.15) is 17.5 Å². The lowest BCUT2D eigenvalue weighted by atomic mass is 9.84. The molecular formula is C29H26N2O7. The second-order valence-corrected chi connectivity index (χ2v) is 9.26. The van der Waals surface area contributed by atoms with Crippen molar-refractivity contribution in [2.45, 2.75) is 24.9 Å². The number of benzene rings is 3. The fourth-order valence-corrected chi connectivity index (χ4v) is 5.46. The van der Waals surface area contributed by atoms with Gasteiger partial charge in [0.2, 0.25) is 5.91 Å². The van der Waals surface area contributed by atoms with E-state index in [1.165, 1.54) is 0 Å². The molecule has 6 rings (SSSR count). The molecule has 0 spiro atoms. The van der Waals surface area contributed by atoms with Crippen LogP contribution in [0.4, 0.5) is 0 Å². The van der Waals surface area contributed by atoms with Crippen LogP contribution in [-0.2, 0) is 20.8 Å². The Kier molecular flexibility index (Phi) is 6.09. The topological polar surface area (TPSA) is 94.6 Å². The Balaban J connectivity index is 1.42. The van der Waals surface area contributed by atoms with Crippen LogP contribution >= 0.6 is 0 Å². The van der Waals surface area contributed by atoms with E-state index in [0.29, 0.717) is 35.8 Å². The first-order chi connectivity index (χ1) is 18.5. The highest BCUT2D eigenvalue weighted by Crippen LogP contribution is 2.45. The molecule has 0 aromatic heterocycles. The van der Waals surface area contributed by atoms with Crippen LogP contribution in [0.2, 0.25) is 0 Å². The van der Waals surface area contributed by atoms with Crippen molar-refractivity contribution >= 4 is 17.7 Å². The van der Waals surface area contributed by atoms with E-state index in [-0.39, 0.29) is 12.5 Å². The quantitative estimate of drug-likeness (QED) is 0.352. The fourth-order valence-electron chi connectivity index (χ4n) is 5.46. The zero-order valence-electron chi connectivity index (χ0n) is 21.0. The van der Waals surface area contributed by atoms with Gasteiger partial charge in [-0.25, -0.2) is 0 Å². The molecule has 0 saturated carbocycles. The molecule has 3 aromatic rings. The Labute approximate surface area is 219 Å². The third-order valence-corrected chi connectivity index (χ3v) is 7.30. The maximum Gasteiger partial charge on any atom is 0.262 e. The number of nitrogens with zero attached hydrogens (tertiary/aromatic N) is 2. The van der Waals surface area contributed by atoms with Gasteiger partial charge in [0, 0.05) is 17.2 Å². The van der Waals surface area contributed by atoms with Gasteiger partial charge in [0.05, 0.1) is 51.1 Å². The number of fused-ring (bicyclic) bond motifs is 1. The number of imide groups is 1. The first-order valence-electron chi connectivity index (χ1n) is 12.3. The summed E-state index contributed by atoms with van der Waals surface area (Å²) in [4.78, 5) is 43.3.